The van der Waals surface area contributed by atoms with Crippen molar-refractivity contribution in [2.24, 2.45) is 0 Å². The van der Waals surface area contributed by atoms with Crippen molar-refractivity contribution in [3.63, 3.8) is 0 Å². The maximum atomic E-state index is 13.2. The van der Waals surface area contributed by atoms with Gasteiger partial charge in [-0.1, -0.05) is 0 Å². The molecule has 0 bridgehead atoms. The summed E-state index contributed by atoms with van der Waals surface area (Å²) in [6.07, 6.45) is 7.83. The summed E-state index contributed by atoms with van der Waals surface area (Å²) in [5.74, 6) is 0.0970. The zero-order valence-corrected chi connectivity index (χ0v) is 21.8. The zero-order valence-electron chi connectivity index (χ0n) is 18.9. The quantitative estimate of drug-likeness (QED) is 0.287. The number of carbonyl (C=O) groups is 1. The van der Waals surface area contributed by atoms with Crippen LogP contribution in [-0.2, 0) is 0 Å². The van der Waals surface area contributed by atoms with E-state index < -0.39 is 18.4 Å². The maximum absolute atomic E-state index is 13.2. The summed E-state index contributed by atoms with van der Waals surface area (Å²) in [5, 5.41) is 0. The molecule has 0 atom stereocenters. The average Bonchev–Trinajstić information content (AvgIpc) is 2.78. The van der Waals surface area contributed by atoms with Crippen molar-refractivity contribution in [2.75, 3.05) is 11.9 Å². The molecule has 2 aromatic carbocycles. The Balaban J connectivity index is 2.37. The van der Waals surface area contributed by atoms with Crippen LogP contribution in [-0.4, -0.2) is 31.3 Å². The van der Waals surface area contributed by atoms with Gasteiger partial charge in [-0.05, 0) is 0 Å². The summed E-state index contributed by atoms with van der Waals surface area (Å²) in [5.41, 5.74) is 1.79. The molecule has 0 aliphatic carbocycles. The van der Waals surface area contributed by atoms with Gasteiger partial charge in [-0.25, -0.2) is 0 Å². The first-order valence-corrected chi connectivity index (χ1v) is 19.0. The number of anilines is 1. The van der Waals surface area contributed by atoms with Crippen molar-refractivity contribution in [2.45, 2.75) is 72.6 Å². The molecule has 0 aliphatic rings. The van der Waals surface area contributed by atoms with E-state index in [-0.39, 0.29) is 5.91 Å². The SMILES string of the molecule is CCC[CH2][Sn]([CH2]CCC)([CH2]CCC)[c]1cccc(C(=O)N(C)c2ccccc2)c1. The summed E-state index contributed by atoms with van der Waals surface area (Å²) < 4.78 is 5.86. The van der Waals surface area contributed by atoms with Crippen molar-refractivity contribution in [1.29, 1.82) is 0 Å². The molecule has 29 heavy (non-hydrogen) atoms. The molecule has 0 unspecified atom stereocenters. The van der Waals surface area contributed by atoms with Gasteiger partial charge in [0.15, 0.2) is 0 Å². The molecule has 0 aliphatic heterocycles. The number of hydrogen-bond donors (Lipinski definition) is 0. The number of para-hydroxylation sites is 1. The van der Waals surface area contributed by atoms with E-state index >= 15 is 0 Å². The van der Waals surface area contributed by atoms with E-state index in [4.69, 9.17) is 0 Å². The standard InChI is InChI=1S/C14H12NO.3C4H9.Sn/c1-15(13-10-6-3-7-11-13)14(16)12-8-4-2-5-9-12;3*1-3-4-2;/h2-4,6-11H,1H3;3*1,3-4H2,2H3;. The molecule has 2 rings (SSSR count). The third-order valence-corrected chi connectivity index (χ3v) is 21.8. The summed E-state index contributed by atoms with van der Waals surface area (Å²) in [7, 11) is 1.88. The first kappa shape index (κ1) is 24.0. The molecule has 0 fully saturated rings. The summed E-state index contributed by atoms with van der Waals surface area (Å²) >= 11 is -2.52. The third kappa shape index (κ3) is 6.60. The van der Waals surface area contributed by atoms with Crippen molar-refractivity contribution < 1.29 is 4.79 Å². The minimum absolute atomic E-state index is 0.0970. The molecule has 0 saturated carbocycles. The molecule has 0 heterocycles. The second-order valence-corrected chi connectivity index (χ2v) is 21.6. The second-order valence-electron chi connectivity index (χ2n) is 8.37. The Bertz CT molecular complexity index is 722. The zero-order chi connectivity index (χ0) is 21.1. The van der Waals surface area contributed by atoms with Crippen LogP contribution >= 0.6 is 0 Å². The van der Waals surface area contributed by atoms with Crippen LogP contribution in [0.5, 0.6) is 0 Å². The predicted octanol–water partition coefficient (Wildman–Crippen LogP) is 7.02. The molecule has 0 radical (unpaired) electrons. The van der Waals surface area contributed by atoms with Gasteiger partial charge in [0.1, 0.15) is 0 Å². The molecule has 0 aromatic heterocycles. The fourth-order valence-corrected chi connectivity index (χ4v) is 20.3. The first-order valence-electron chi connectivity index (χ1n) is 11.5. The molecule has 0 spiro atoms. The topological polar surface area (TPSA) is 20.3 Å². The van der Waals surface area contributed by atoms with E-state index in [1.54, 1.807) is 8.48 Å². The van der Waals surface area contributed by atoms with Gasteiger partial charge in [0.25, 0.3) is 0 Å². The van der Waals surface area contributed by atoms with Gasteiger partial charge < -0.3 is 0 Å². The van der Waals surface area contributed by atoms with Crippen molar-refractivity contribution in [3.05, 3.63) is 60.2 Å². The van der Waals surface area contributed by atoms with Gasteiger partial charge in [-0.2, -0.15) is 0 Å². The Morgan fingerprint density at radius 2 is 1.34 bits per heavy atom. The van der Waals surface area contributed by atoms with Crippen LogP contribution in [0.15, 0.2) is 54.6 Å². The monoisotopic (exact) mass is 501 g/mol. The summed E-state index contributed by atoms with van der Waals surface area (Å²) in [6.45, 7) is 6.93. The Morgan fingerprint density at radius 1 is 0.793 bits per heavy atom. The Labute approximate surface area is 182 Å². The predicted molar refractivity (Wildman–Crippen MR) is 130 cm³/mol. The fraction of sp³-hybridized carbons (Fsp3) is 0.500. The first-order chi connectivity index (χ1) is 14.1. The van der Waals surface area contributed by atoms with E-state index in [0.29, 0.717) is 0 Å². The van der Waals surface area contributed by atoms with Crippen LogP contribution in [0.3, 0.4) is 0 Å². The number of rotatable bonds is 12. The summed E-state index contributed by atoms with van der Waals surface area (Å²) in [6, 6.07) is 18.7. The fourth-order valence-electron chi connectivity index (χ4n) is 4.30. The van der Waals surface area contributed by atoms with Gasteiger partial charge in [0.05, 0.1) is 0 Å². The normalized spacial score (nSPS) is 11.4. The van der Waals surface area contributed by atoms with Gasteiger partial charge >= 0.3 is 183 Å². The molecular weight excluding hydrogens is 461 g/mol. The number of hydrogen-bond acceptors (Lipinski definition) is 1. The molecule has 0 saturated heterocycles. The van der Waals surface area contributed by atoms with Crippen LogP contribution in [0.1, 0.15) is 69.7 Å². The van der Waals surface area contributed by atoms with Crippen molar-refractivity contribution in [3.8, 4) is 0 Å². The molecule has 2 aromatic rings. The molecule has 0 N–H and O–H groups in total. The van der Waals surface area contributed by atoms with Crippen LogP contribution < -0.4 is 8.48 Å². The van der Waals surface area contributed by atoms with Crippen molar-refractivity contribution >= 4 is 33.6 Å². The Hall–Kier alpha value is -1.29. The van der Waals surface area contributed by atoms with E-state index in [9.17, 15) is 4.79 Å². The van der Waals surface area contributed by atoms with E-state index in [1.807, 2.05) is 43.4 Å². The second kappa shape index (κ2) is 12.4. The van der Waals surface area contributed by atoms with Gasteiger partial charge in [-0.3, -0.25) is 0 Å². The molecule has 158 valence electrons. The van der Waals surface area contributed by atoms with Crippen LogP contribution in [0, 0.1) is 0 Å². The van der Waals surface area contributed by atoms with Crippen LogP contribution in [0.25, 0.3) is 0 Å². The molecule has 2 nitrogen and oxygen atoms in total. The van der Waals surface area contributed by atoms with Crippen molar-refractivity contribution in [1.82, 2.24) is 0 Å². The molecular formula is C26H39NOSn. The number of benzene rings is 2. The van der Waals surface area contributed by atoms with Gasteiger partial charge in [0.2, 0.25) is 0 Å². The third-order valence-electron chi connectivity index (χ3n) is 6.20. The Kier molecular flexibility index (Phi) is 10.3. The van der Waals surface area contributed by atoms with Gasteiger partial charge in [0, 0.05) is 0 Å². The molecule has 1 amide bonds. The van der Waals surface area contributed by atoms with E-state index in [0.717, 1.165) is 11.3 Å². The minimum atomic E-state index is -2.52. The van der Waals surface area contributed by atoms with Gasteiger partial charge in [-0.15, -0.1) is 0 Å². The number of unbranched alkanes of at least 4 members (excludes halogenated alkanes) is 3. The summed E-state index contributed by atoms with van der Waals surface area (Å²) in [4.78, 5) is 15.0. The van der Waals surface area contributed by atoms with Crippen LogP contribution in [0.2, 0.25) is 13.3 Å². The van der Waals surface area contributed by atoms with Crippen LogP contribution in [0.4, 0.5) is 5.69 Å². The van der Waals surface area contributed by atoms with E-state index in [1.165, 1.54) is 51.8 Å². The molecule has 3 heteroatoms. The number of amides is 1. The Morgan fingerprint density at radius 3 is 1.86 bits per heavy atom. The number of carbonyl (C=O) groups excluding carboxylic acids is 1. The average molecular weight is 500 g/mol. The number of nitrogens with zero attached hydrogens (tertiary/aromatic N) is 1. The van der Waals surface area contributed by atoms with E-state index in [2.05, 4.69) is 39.0 Å².